The molecule has 0 fully saturated rings. The number of benzene rings is 3. The molecule has 1 N–H and O–H groups in total. The van der Waals surface area contributed by atoms with Crippen LogP contribution in [0.25, 0.3) is 0 Å². The number of hydrogen-bond donors (Lipinski definition) is 1. The normalized spacial score (nSPS) is 15.1. The van der Waals surface area contributed by atoms with Gasteiger partial charge in [0.2, 0.25) is 0 Å². The molecule has 4 rings (SSSR count). The number of nitro benzene ring substituents is 1. The van der Waals surface area contributed by atoms with E-state index in [2.05, 4.69) is 5.32 Å². The van der Waals surface area contributed by atoms with Gasteiger partial charge in [0.1, 0.15) is 11.9 Å². The van der Waals surface area contributed by atoms with Gasteiger partial charge >= 0.3 is 5.69 Å². The molecule has 176 valence electrons. The van der Waals surface area contributed by atoms with Gasteiger partial charge in [-0.15, -0.1) is 0 Å². The topological polar surface area (TPSA) is 128 Å². The highest BCUT2D eigenvalue weighted by Gasteiger charge is 2.32. The zero-order valence-corrected chi connectivity index (χ0v) is 18.9. The van der Waals surface area contributed by atoms with E-state index in [0.29, 0.717) is 17.1 Å². The SMILES string of the molecule is C[C@H]1CN(S(=O)(=O)c2ccc(NC(=O)COc3ccccc3[N+](=O)[O-])cc2)c2ccccc2O1. The molecule has 0 saturated carbocycles. The first-order chi connectivity index (χ1) is 16.3. The van der Waals surface area contributed by atoms with E-state index in [-0.39, 0.29) is 29.0 Å². The van der Waals surface area contributed by atoms with E-state index in [0.717, 1.165) is 0 Å². The highest BCUT2D eigenvalue weighted by Crippen LogP contribution is 2.36. The Morgan fingerprint density at radius 2 is 1.79 bits per heavy atom. The van der Waals surface area contributed by atoms with Gasteiger partial charge in [0.05, 0.1) is 22.1 Å². The summed E-state index contributed by atoms with van der Waals surface area (Å²) in [6.07, 6.45) is -0.316. The molecule has 10 nitrogen and oxygen atoms in total. The maximum Gasteiger partial charge on any atom is 0.310 e. The maximum absolute atomic E-state index is 13.3. The summed E-state index contributed by atoms with van der Waals surface area (Å²) < 4.78 is 38.9. The van der Waals surface area contributed by atoms with Crippen LogP contribution in [-0.4, -0.2) is 38.5 Å². The standard InChI is InChI=1S/C23H21N3O7S/c1-16-14-25(19-6-2-5-9-22(19)33-16)34(30,31)18-12-10-17(11-13-18)24-23(27)15-32-21-8-4-3-7-20(21)26(28)29/h2-13,16H,14-15H2,1H3,(H,24,27)/t16-/m0/s1. The van der Waals surface area contributed by atoms with Crippen LogP contribution >= 0.6 is 0 Å². The van der Waals surface area contributed by atoms with Gasteiger partial charge in [0.25, 0.3) is 15.9 Å². The molecule has 0 bridgehead atoms. The van der Waals surface area contributed by atoms with Crippen LogP contribution in [-0.2, 0) is 14.8 Å². The van der Waals surface area contributed by atoms with Crippen molar-refractivity contribution >= 4 is 33.0 Å². The van der Waals surface area contributed by atoms with Crippen LogP contribution in [0.15, 0.2) is 77.7 Å². The van der Waals surface area contributed by atoms with Crippen molar-refractivity contribution in [1.29, 1.82) is 0 Å². The fourth-order valence-corrected chi connectivity index (χ4v) is 5.03. The molecule has 0 saturated heterocycles. The molecule has 1 aliphatic rings. The third-order valence-electron chi connectivity index (χ3n) is 5.03. The molecule has 3 aromatic rings. The summed E-state index contributed by atoms with van der Waals surface area (Å²) in [5, 5.41) is 13.6. The predicted molar refractivity (Wildman–Crippen MR) is 125 cm³/mol. The summed E-state index contributed by atoms with van der Waals surface area (Å²) in [4.78, 5) is 22.7. The van der Waals surface area contributed by atoms with Crippen molar-refractivity contribution in [2.24, 2.45) is 0 Å². The van der Waals surface area contributed by atoms with Crippen LogP contribution in [0, 0.1) is 10.1 Å². The number of nitro groups is 1. The molecule has 34 heavy (non-hydrogen) atoms. The van der Waals surface area contributed by atoms with Crippen molar-refractivity contribution in [3.8, 4) is 11.5 Å². The summed E-state index contributed by atoms with van der Waals surface area (Å²) in [5.74, 6) is -0.0823. The van der Waals surface area contributed by atoms with Gasteiger partial charge in [-0.25, -0.2) is 8.42 Å². The monoisotopic (exact) mass is 483 g/mol. The minimum atomic E-state index is -3.86. The number of amides is 1. The lowest BCUT2D eigenvalue weighted by Crippen LogP contribution is -2.42. The van der Waals surface area contributed by atoms with E-state index in [1.807, 2.05) is 0 Å². The molecule has 0 aromatic heterocycles. The van der Waals surface area contributed by atoms with E-state index in [4.69, 9.17) is 9.47 Å². The highest BCUT2D eigenvalue weighted by atomic mass is 32.2. The second-order valence-electron chi connectivity index (χ2n) is 7.52. The third kappa shape index (κ3) is 4.79. The molecule has 1 amide bonds. The first kappa shape index (κ1) is 23.1. The Morgan fingerprint density at radius 3 is 2.53 bits per heavy atom. The number of carbonyl (C=O) groups excluding carboxylic acids is 1. The number of carbonyl (C=O) groups is 1. The molecule has 0 aliphatic carbocycles. The Morgan fingerprint density at radius 1 is 1.12 bits per heavy atom. The van der Waals surface area contributed by atoms with Crippen molar-refractivity contribution in [2.75, 3.05) is 22.8 Å². The van der Waals surface area contributed by atoms with E-state index in [9.17, 15) is 23.3 Å². The lowest BCUT2D eigenvalue weighted by atomic mass is 10.2. The summed E-state index contributed by atoms with van der Waals surface area (Å²) in [6, 6.07) is 18.4. The van der Waals surface area contributed by atoms with Crippen molar-refractivity contribution in [3.63, 3.8) is 0 Å². The van der Waals surface area contributed by atoms with Gasteiger partial charge in [-0.2, -0.15) is 0 Å². The summed E-state index contributed by atoms with van der Waals surface area (Å²) in [5.41, 5.74) is 0.569. The van der Waals surface area contributed by atoms with Crippen molar-refractivity contribution in [1.82, 2.24) is 0 Å². The van der Waals surface area contributed by atoms with E-state index in [1.54, 1.807) is 37.3 Å². The second-order valence-corrected chi connectivity index (χ2v) is 9.38. The van der Waals surface area contributed by atoms with Crippen molar-refractivity contribution in [3.05, 3.63) is 82.9 Å². The quantitative estimate of drug-likeness (QED) is 0.402. The molecule has 0 radical (unpaired) electrons. The van der Waals surface area contributed by atoms with Crippen LogP contribution < -0.4 is 19.1 Å². The Bertz CT molecular complexity index is 1330. The lowest BCUT2D eigenvalue weighted by molar-refractivity contribution is -0.385. The van der Waals surface area contributed by atoms with E-state index < -0.39 is 27.5 Å². The average Bonchev–Trinajstić information content (AvgIpc) is 2.82. The Labute approximate surface area is 195 Å². The molecule has 1 heterocycles. The minimum Gasteiger partial charge on any atom is -0.487 e. The molecular weight excluding hydrogens is 462 g/mol. The number of hydrogen-bond acceptors (Lipinski definition) is 7. The fourth-order valence-electron chi connectivity index (χ4n) is 3.48. The number of sulfonamides is 1. The highest BCUT2D eigenvalue weighted by molar-refractivity contribution is 7.92. The van der Waals surface area contributed by atoms with Crippen molar-refractivity contribution in [2.45, 2.75) is 17.9 Å². The number of rotatable bonds is 7. The number of anilines is 2. The molecule has 1 aliphatic heterocycles. The first-order valence-corrected chi connectivity index (χ1v) is 11.7. The fraction of sp³-hybridized carbons (Fsp3) is 0.174. The number of para-hydroxylation sites is 4. The smallest absolute Gasteiger partial charge is 0.310 e. The zero-order chi connectivity index (χ0) is 24.3. The average molecular weight is 484 g/mol. The molecular formula is C23H21N3O7S. The van der Waals surface area contributed by atoms with Gasteiger partial charge in [0.15, 0.2) is 12.4 Å². The van der Waals surface area contributed by atoms with Gasteiger partial charge in [0, 0.05) is 11.8 Å². The summed E-state index contributed by atoms with van der Waals surface area (Å²) >= 11 is 0. The van der Waals surface area contributed by atoms with Gasteiger partial charge in [-0.3, -0.25) is 19.2 Å². The second kappa shape index (κ2) is 9.40. The Hall–Kier alpha value is -4.12. The minimum absolute atomic E-state index is 0.0240. The number of ether oxygens (including phenoxy) is 2. The molecule has 1 atom stereocenters. The van der Waals surface area contributed by atoms with Gasteiger partial charge in [-0.1, -0.05) is 24.3 Å². The Kier molecular flexibility index (Phi) is 6.37. The van der Waals surface area contributed by atoms with Crippen LogP contribution in [0.4, 0.5) is 17.1 Å². The molecule has 0 spiro atoms. The summed E-state index contributed by atoms with van der Waals surface area (Å²) in [7, 11) is -3.86. The van der Waals surface area contributed by atoms with E-state index >= 15 is 0 Å². The predicted octanol–water partition coefficient (Wildman–Crippen LogP) is 3.59. The lowest BCUT2D eigenvalue weighted by Gasteiger charge is -2.34. The zero-order valence-electron chi connectivity index (χ0n) is 18.1. The number of nitrogens with zero attached hydrogens (tertiary/aromatic N) is 2. The molecule has 11 heteroatoms. The van der Waals surface area contributed by atoms with Crippen LogP contribution in [0.2, 0.25) is 0 Å². The first-order valence-electron chi connectivity index (χ1n) is 10.3. The number of nitrogens with one attached hydrogen (secondary N) is 1. The third-order valence-corrected chi connectivity index (χ3v) is 6.83. The largest absolute Gasteiger partial charge is 0.487 e. The number of fused-ring (bicyclic) bond motifs is 1. The molecule has 3 aromatic carbocycles. The van der Waals surface area contributed by atoms with Crippen molar-refractivity contribution < 1.29 is 27.6 Å². The Balaban J connectivity index is 1.44. The molecule has 0 unspecified atom stereocenters. The maximum atomic E-state index is 13.3. The van der Waals surface area contributed by atoms with Crippen LogP contribution in [0.1, 0.15) is 6.92 Å². The van der Waals surface area contributed by atoms with E-state index in [1.165, 1.54) is 46.8 Å². The van der Waals surface area contributed by atoms with Gasteiger partial charge < -0.3 is 14.8 Å². The van der Waals surface area contributed by atoms with Crippen LogP contribution in [0.3, 0.4) is 0 Å². The van der Waals surface area contributed by atoms with Crippen LogP contribution in [0.5, 0.6) is 11.5 Å². The summed E-state index contributed by atoms with van der Waals surface area (Å²) in [6.45, 7) is 1.51. The van der Waals surface area contributed by atoms with Gasteiger partial charge in [-0.05, 0) is 49.4 Å².